The molecule has 1 heterocycles. The van der Waals surface area contributed by atoms with Crippen LogP contribution in [0.25, 0.3) is 0 Å². The summed E-state index contributed by atoms with van der Waals surface area (Å²) in [7, 11) is -3.74. The van der Waals surface area contributed by atoms with Gasteiger partial charge < -0.3 is 19.7 Å². The molecule has 8 nitrogen and oxygen atoms in total. The number of nitrogens with zero attached hydrogens (tertiary/aromatic N) is 2. The van der Waals surface area contributed by atoms with Crippen molar-refractivity contribution in [1.82, 2.24) is 4.31 Å². The number of nitrogens with one attached hydrogen (secondary N) is 1. The van der Waals surface area contributed by atoms with E-state index in [9.17, 15) is 13.2 Å². The molecule has 1 saturated heterocycles. The van der Waals surface area contributed by atoms with Crippen LogP contribution < -0.4 is 19.7 Å². The molecule has 2 aromatic carbocycles. The number of hydrogen-bond acceptors (Lipinski definition) is 6. The molecule has 174 valence electrons. The topological polar surface area (TPSA) is 88.2 Å². The highest BCUT2D eigenvalue weighted by molar-refractivity contribution is 7.89. The molecule has 0 spiro atoms. The molecule has 9 heteroatoms. The number of sulfonamides is 1. The van der Waals surface area contributed by atoms with Crippen LogP contribution in [0.1, 0.15) is 19.4 Å². The van der Waals surface area contributed by atoms with Crippen LogP contribution in [-0.4, -0.2) is 63.8 Å². The summed E-state index contributed by atoms with van der Waals surface area (Å²) in [6.07, 6.45) is 0. The highest BCUT2D eigenvalue weighted by atomic mass is 32.2. The Kier molecular flexibility index (Phi) is 7.98. The summed E-state index contributed by atoms with van der Waals surface area (Å²) in [6, 6.07) is 13.2. The monoisotopic (exact) mass is 461 g/mol. The van der Waals surface area contributed by atoms with E-state index in [0.717, 1.165) is 11.3 Å². The van der Waals surface area contributed by atoms with Crippen LogP contribution in [-0.2, 0) is 14.8 Å². The maximum atomic E-state index is 12.9. The van der Waals surface area contributed by atoms with Gasteiger partial charge in [-0.2, -0.15) is 4.31 Å². The Balaban J connectivity index is 1.62. The van der Waals surface area contributed by atoms with Gasteiger partial charge in [0.05, 0.1) is 18.9 Å². The zero-order chi connectivity index (χ0) is 23.1. The summed E-state index contributed by atoms with van der Waals surface area (Å²) in [4.78, 5) is 14.8. The fraction of sp³-hybridized carbons (Fsp3) is 0.435. The van der Waals surface area contributed by atoms with Gasteiger partial charge in [-0.15, -0.1) is 0 Å². The number of carbonyl (C=O) groups is 1. The number of carbonyl (C=O) groups excluding carboxylic acids is 1. The molecule has 32 heavy (non-hydrogen) atoms. The van der Waals surface area contributed by atoms with Gasteiger partial charge in [-0.3, -0.25) is 4.79 Å². The summed E-state index contributed by atoms with van der Waals surface area (Å²) in [5, 5.41) is 2.67. The van der Waals surface area contributed by atoms with Crippen LogP contribution in [0.3, 0.4) is 0 Å². The van der Waals surface area contributed by atoms with Gasteiger partial charge in [0.25, 0.3) is 0 Å². The quantitative estimate of drug-likeness (QED) is 0.618. The lowest BCUT2D eigenvalue weighted by atomic mass is 10.2. The third kappa shape index (κ3) is 6.14. The van der Waals surface area contributed by atoms with Crippen molar-refractivity contribution in [1.29, 1.82) is 0 Å². The fourth-order valence-corrected chi connectivity index (χ4v) is 4.94. The Morgan fingerprint density at radius 2 is 1.72 bits per heavy atom. The minimum Gasteiger partial charge on any atom is -0.494 e. The van der Waals surface area contributed by atoms with Gasteiger partial charge in [0.1, 0.15) is 17.3 Å². The van der Waals surface area contributed by atoms with Crippen LogP contribution in [0.5, 0.6) is 11.5 Å². The van der Waals surface area contributed by atoms with Gasteiger partial charge in [-0.05, 0) is 50.6 Å². The first kappa shape index (κ1) is 23.9. The second-order valence-corrected chi connectivity index (χ2v) is 9.52. The number of hydrogen-bond donors (Lipinski definition) is 1. The molecule has 1 aliphatic rings. The molecule has 1 aliphatic heterocycles. The van der Waals surface area contributed by atoms with E-state index in [2.05, 4.69) is 16.3 Å². The zero-order valence-corrected chi connectivity index (χ0v) is 19.7. The molecule has 1 amide bonds. The van der Waals surface area contributed by atoms with E-state index in [1.54, 1.807) is 18.2 Å². The summed E-state index contributed by atoms with van der Waals surface area (Å²) in [5.74, 6) is -0.197. The number of benzene rings is 2. The number of rotatable bonds is 9. The third-order valence-electron chi connectivity index (χ3n) is 5.15. The van der Waals surface area contributed by atoms with E-state index < -0.39 is 21.7 Å². The number of aryl methyl sites for hydroxylation is 1. The Morgan fingerprint density at radius 1 is 1.00 bits per heavy atom. The first-order chi connectivity index (χ1) is 15.3. The van der Waals surface area contributed by atoms with E-state index >= 15 is 0 Å². The Bertz CT molecular complexity index is 1030. The van der Waals surface area contributed by atoms with Gasteiger partial charge in [0.15, 0.2) is 0 Å². The molecule has 0 saturated carbocycles. The molecule has 0 aliphatic carbocycles. The molecule has 0 aromatic heterocycles. The molecule has 1 N–H and O–H groups in total. The lowest BCUT2D eigenvalue weighted by Crippen LogP contribution is -2.50. The van der Waals surface area contributed by atoms with Crippen molar-refractivity contribution in [3.63, 3.8) is 0 Å². The van der Waals surface area contributed by atoms with Gasteiger partial charge in [-0.1, -0.05) is 12.1 Å². The second kappa shape index (κ2) is 10.7. The Labute approximate surface area is 190 Å². The summed E-state index contributed by atoms with van der Waals surface area (Å²) in [5.41, 5.74) is 2.63. The predicted octanol–water partition coefficient (Wildman–Crippen LogP) is 2.88. The summed E-state index contributed by atoms with van der Waals surface area (Å²) in [6.45, 7) is 8.46. The number of amides is 1. The van der Waals surface area contributed by atoms with Crippen LogP contribution in [0.15, 0.2) is 42.5 Å². The van der Waals surface area contributed by atoms with E-state index in [1.165, 1.54) is 4.31 Å². The van der Waals surface area contributed by atoms with Crippen molar-refractivity contribution >= 4 is 27.3 Å². The average molecular weight is 462 g/mol. The van der Waals surface area contributed by atoms with Gasteiger partial charge in [0.2, 0.25) is 15.9 Å². The van der Waals surface area contributed by atoms with Crippen LogP contribution in [0.2, 0.25) is 0 Å². The van der Waals surface area contributed by atoms with Crippen molar-refractivity contribution in [3.05, 3.63) is 48.0 Å². The third-order valence-corrected chi connectivity index (χ3v) is 6.93. The van der Waals surface area contributed by atoms with Crippen molar-refractivity contribution in [3.8, 4) is 11.5 Å². The lowest BCUT2D eigenvalue weighted by molar-refractivity contribution is -0.113. The maximum Gasteiger partial charge on any atom is 0.241 e. The highest BCUT2D eigenvalue weighted by Gasteiger charge is 2.29. The summed E-state index contributed by atoms with van der Waals surface area (Å²) >= 11 is 0. The highest BCUT2D eigenvalue weighted by Crippen LogP contribution is 2.29. The largest absolute Gasteiger partial charge is 0.494 e. The first-order valence-electron chi connectivity index (χ1n) is 10.8. The minimum absolute atomic E-state index is 0.341. The lowest BCUT2D eigenvalue weighted by Gasteiger charge is -2.35. The van der Waals surface area contributed by atoms with Crippen LogP contribution in [0.4, 0.5) is 11.4 Å². The normalized spacial score (nSPS) is 14.8. The second-order valence-electron chi connectivity index (χ2n) is 7.55. The Morgan fingerprint density at radius 3 is 2.38 bits per heavy atom. The van der Waals surface area contributed by atoms with Crippen molar-refractivity contribution in [2.75, 3.05) is 55.4 Å². The number of ether oxygens (including phenoxy) is 2. The smallest absolute Gasteiger partial charge is 0.241 e. The molecule has 0 bridgehead atoms. The predicted molar refractivity (Wildman–Crippen MR) is 126 cm³/mol. The average Bonchev–Trinajstić information content (AvgIpc) is 2.75. The van der Waals surface area contributed by atoms with E-state index in [-0.39, 0.29) is 0 Å². The molecule has 0 unspecified atom stereocenters. The molecular weight excluding hydrogens is 430 g/mol. The molecule has 1 fully saturated rings. The Hall–Kier alpha value is -2.78. The van der Waals surface area contributed by atoms with Gasteiger partial charge >= 0.3 is 0 Å². The fourth-order valence-electron chi connectivity index (χ4n) is 3.64. The van der Waals surface area contributed by atoms with E-state index in [1.807, 2.05) is 39.0 Å². The molecule has 0 radical (unpaired) electrons. The first-order valence-corrected chi connectivity index (χ1v) is 12.4. The zero-order valence-electron chi connectivity index (χ0n) is 18.8. The van der Waals surface area contributed by atoms with Crippen molar-refractivity contribution in [2.24, 2.45) is 0 Å². The maximum absolute atomic E-state index is 12.9. The molecular formula is C23H31N3O5S. The summed E-state index contributed by atoms with van der Waals surface area (Å²) < 4.78 is 38.1. The number of piperazine rings is 1. The van der Waals surface area contributed by atoms with Crippen molar-refractivity contribution in [2.45, 2.75) is 20.8 Å². The SMILES string of the molecule is CCOc1ccc(OCC)c(NC(=O)CS(=O)(=O)N2CCN(c3cccc(C)c3)CC2)c1. The van der Waals surface area contributed by atoms with Crippen molar-refractivity contribution < 1.29 is 22.7 Å². The molecule has 3 rings (SSSR count). The van der Waals surface area contributed by atoms with Gasteiger partial charge in [0, 0.05) is 37.9 Å². The van der Waals surface area contributed by atoms with E-state index in [0.29, 0.717) is 56.6 Å². The molecule has 2 aromatic rings. The number of anilines is 2. The minimum atomic E-state index is -3.74. The van der Waals surface area contributed by atoms with Crippen LogP contribution >= 0.6 is 0 Å². The van der Waals surface area contributed by atoms with Gasteiger partial charge in [-0.25, -0.2) is 8.42 Å². The van der Waals surface area contributed by atoms with Crippen LogP contribution in [0, 0.1) is 6.92 Å². The van der Waals surface area contributed by atoms with E-state index in [4.69, 9.17) is 9.47 Å². The standard InChI is InChI=1S/C23H31N3O5S/c1-4-30-20-9-10-22(31-5-2)21(16-20)24-23(27)17-32(28,29)26-13-11-25(12-14-26)19-8-6-7-18(3)15-19/h6-10,15-16H,4-5,11-14,17H2,1-3H3,(H,24,27). The molecule has 0 atom stereocenters.